The van der Waals surface area contributed by atoms with Gasteiger partial charge in [-0.15, -0.1) is 0 Å². The summed E-state index contributed by atoms with van der Waals surface area (Å²) in [5, 5.41) is 0. The molecule has 4 nitrogen and oxygen atoms in total. The smallest absolute Gasteiger partial charge is 0.264 e. The van der Waals surface area contributed by atoms with Gasteiger partial charge in [-0.05, 0) is 37.5 Å². The molecule has 23 heavy (non-hydrogen) atoms. The van der Waals surface area contributed by atoms with Gasteiger partial charge in [0.15, 0.2) is 0 Å². The quantitative estimate of drug-likeness (QED) is 0.350. The summed E-state index contributed by atoms with van der Waals surface area (Å²) in [6, 6.07) is 0. The first-order chi connectivity index (χ1) is 10.4. The normalized spacial score (nSPS) is 14.5. The zero-order valence-corrected chi connectivity index (χ0v) is 18.7. The molecule has 0 rings (SSSR count). The SMILES string of the molecule is CCCCC(CC)CCC(CCC(CC)CC)OS(=O)(=O)O.[Na]. The van der Waals surface area contributed by atoms with Gasteiger partial charge in [0.05, 0.1) is 6.10 Å². The van der Waals surface area contributed by atoms with Gasteiger partial charge in [-0.2, -0.15) is 8.42 Å². The summed E-state index contributed by atoms with van der Waals surface area (Å²) in [4.78, 5) is 0. The molecule has 1 N–H and O–H groups in total. The summed E-state index contributed by atoms with van der Waals surface area (Å²) in [6.07, 6.45) is 9.88. The van der Waals surface area contributed by atoms with Crippen LogP contribution in [0.3, 0.4) is 0 Å². The molecule has 0 saturated carbocycles. The maximum absolute atomic E-state index is 11.0. The molecular formula is C17H36NaO4S. The fraction of sp³-hybridized carbons (Fsp3) is 1.00. The molecule has 0 aromatic carbocycles. The van der Waals surface area contributed by atoms with Gasteiger partial charge in [-0.25, -0.2) is 4.18 Å². The topological polar surface area (TPSA) is 63.6 Å². The van der Waals surface area contributed by atoms with E-state index < -0.39 is 10.4 Å². The molecule has 135 valence electrons. The molecule has 0 heterocycles. The summed E-state index contributed by atoms with van der Waals surface area (Å²) in [5.41, 5.74) is 0. The second-order valence-electron chi connectivity index (χ2n) is 6.40. The van der Waals surface area contributed by atoms with Crippen molar-refractivity contribution in [3.63, 3.8) is 0 Å². The maximum Gasteiger partial charge on any atom is 0.397 e. The number of hydrogen-bond donors (Lipinski definition) is 1. The van der Waals surface area contributed by atoms with Gasteiger partial charge in [-0.1, -0.05) is 66.2 Å². The molecule has 0 bridgehead atoms. The molecule has 0 aromatic rings. The molecule has 0 fully saturated rings. The van der Waals surface area contributed by atoms with Crippen LogP contribution in [0.1, 0.15) is 91.9 Å². The predicted molar refractivity (Wildman–Crippen MR) is 98.0 cm³/mol. The first-order valence-corrected chi connectivity index (χ1v) is 10.4. The molecule has 0 aliphatic heterocycles. The Balaban J connectivity index is 0. The third kappa shape index (κ3) is 14.9. The minimum Gasteiger partial charge on any atom is -0.264 e. The van der Waals surface area contributed by atoms with Crippen LogP contribution in [-0.2, 0) is 14.6 Å². The molecule has 2 unspecified atom stereocenters. The van der Waals surface area contributed by atoms with Crippen molar-refractivity contribution in [1.82, 2.24) is 0 Å². The van der Waals surface area contributed by atoms with Crippen LogP contribution in [0.15, 0.2) is 0 Å². The van der Waals surface area contributed by atoms with E-state index in [4.69, 9.17) is 8.74 Å². The van der Waals surface area contributed by atoms with Crippen LogP contribution in [0, 0.1) is 11.8 Å². The van der Waals surface area contributed by atoms with Gasteiger partial charge in [0.25, 0.3) is 0 Å². The molecule has 0 saturated heterocycles. The van der Waals surface area contributed by atoms with Crippen LogP contribution >= 0.6 is 0 Å². The minimum atomic E-state index is -4.36. The van der Waals surface area contributed by atoms with E-state index in [1.165, 1.54) is 19.3 Å². The average Bonchev–Trinajstić information content (AvgIpc) is 2.46. The fourth-order valence-electron chi connectivity index (χ4n) is 3.00. The Morgan fingerprint density at radius 2 is 1.30 bits per heavy atom. The Morgan fingerprint density at radius 3 is 1.70 bits per heavy atom. The van der Waals surface area contributed by atoms with Crippen LogP contribution in [-0.4, -0.2) is 48.6 Å². The Morgan fingerprint density at radius 1 is 0.826 bits per heavy atom. The summed E-state index contributed by atoms with van der Waals surface area (Å²) in [6.45, 7) is 8.69. The van der Waals surface area contributed by atoms with Crippen LogP contribution in [0.4, 0.5) is 0 Å². The minimum absolute atomic E-state index is 0. The van der Waals surface area contributed by atoms with Crippen molar-refractivity contribution < 1.29 is 17.2 Å². The summed E-state index contributed by atoms with van der Waals surface area (Å²) >= 11 is 0. The third-order valence-corrected chi connectivity index (χ3v) is 5.26. The summed E-state index contributed by atoms with van der Waals surface area (Å²) < 4.78 is 36.0. The van der Waals surface area contributed by atoms with Crippen LogP contribution in [0.2, 0.25) is 0 Å². The van der Waals surface area contributed by atoms with Crippen LogP contribution in [0.25, 0.3) is 0 Å². The Bertz CT molecular complexity index is 356. The van der Waals surface area contributed by atoms with E-state index in [2.05, 4.69) is 27.7 Å². The second kappa shape index (κ2) is 15.2. The van der Waals surface area contributed by atoms with E-state index in [0.29, 0.717) is 24.7 Å². The molecular weight excluding hydrogens is 323 g/mol. The van der Waals surface area contributed by atoms with Gasteiger partial charge in [-0.3, -0.25) is 4.55 Å². The van der Waals surface area contributed by atoms with Crippen molar-refractivity contribution in [1.29, 1.82) is 0 Å². The maximum atomic E-state index is 11.0. The first kappa shape index (κ1) is 26.1. The zero-order valence-electron chi connectivity index (χ0n) is 15.9. The van der Waals surface area contributed by atoms with Gasteiger partial charge in [0.2, 0.25) is 0 Å². The standard InChI is InChI=1S/C17H36O4S.Na/c1-5-9-10-16(8-4)12-14-17(21-22(18,19)20)13-11-15(6-2)7-3;/h15-17H,5-14H2,1-4H3,(H,18,19,20);. The molecule has 0 spiro atoms. The largest absolute Gasteiger partial charge is 0.397 e. The van der Waals surface area contributed by atoms with Crippen molar-refractivity contribution in [3.05, 3.63) is 0 Å². The average molecular weight is 360 g/mol. The summed E-state index contributed by atoms with van der Waals surface area (Å²) in [5.74, 6) is 1.23. The third-order valence-electron chi connectivity index (χ3n) is 4.75. The van der Waals surface area contributed by atoms with Gasteiger partial charge in [0.1, 0.15) is 0 Å². The van der Waals surface area contributed by atoms with E-state index in [1.807, 2.05) is 0 Å². The number of hydrogen-bond acceptors (Lipinski definition) is 3. The molecule has 0 amide bonds. The van der Waals surface area contributed by atoms with Crippen molar-refractivity contribution in [3.8, 4) is 0 Å². The molecule has 0 aromatic heterocycles. The molecule has 0 aliphatic carbocycles. The number of rotatable bonds is 14. The van der Waals surface area contributed by atoms with E-state index >= 15 is 0 Å². The van der Waals surface area contributed by atoms with E-state index in [0.717, 1.165) is 32.1 Å². The van der Waals surface area contributed by atoms with Gasteiger partial charge in [0, 0.05) is 29.6 Å². The Kier molecular flexibility index (Phi) is 17.2. The van der Waals surface area contributed by atoms with Gasteiger partial charge < -0.3 is 0 Å². The van der Waals surface area contributed by atoms with Crippen molar-refractivity contribution in [2.75, 3.05) is 0 Å². The number of unbranched alkanes of at least 4 members (excludes halogenated alkanes) is 1. The monoisotopic (exact) mass is 359 g/mol. The summed E-state index contributed by atoms with van der Waals surface area (Å²) in [7, 11) is -4.36. The van der Waals surface area contributed by atoms with E-state index in [-0.39, 0.29) is 35.7 Å². The first-order valence-electron chi connectivity index (χ1n) is 9.01. The van der Waals surface area contributed by atoms with Crippen molar-refractivity contribution in [2.24, 2.45) is 11.8 Å². The van der Waals surface area contributed by atoms with Crippen molar-refractivity contribution >= 4 is 40.0 Å². The Hall–Kier alpha value is 0.870. The molecule has 1 radical (unpaired) electrons. The van der Waals surface area contributed by atoms with Crippen LogP contribution < -0.4 is 0 Å². The fourth-order valence-corrected chi connectivity index (χ4v) is 3.53. The zero-order chi connectivity index (χ0) is 17.0. The molecule has 2 atom stereocenters. The van der Waals surface area contributed by atoms with E-state index in [1.54, 1.807) is 0 Å². The molecule has 0 aliphatic rings. The second-order valence-corrected chi connectivity index (χ2v) is 7.45. The van der Waals surface area contributed by atoms with Crippen molar-refractivity contribution in [2.45, 2.75) is 98.0 Å². The van der Waals surface area contributed by atoms with Crippen LogP contribution in [0.5, 0.6) is 0 Å². The van der Waals surface area contributed by atoms with E-state index in [9.17, 15) is 8.42 Å². The van der Waals surface area contributed by atoms with Gasteiger partial charge >= 0.3 is 10.4 Å². The Labute approximate surface area is 166 Å². The predicted octanol–water partition coefficient (Wildman–Crippen LogP) is 5.01. The molecule has 6 heteroatoms.